The van der Waals surface area contributed by atoms with E-state index in [1.165, 1.54) is 24.2 Å². The lowest BCUT2D eigenvalue weighted by atomic mass is 10.2. The molecule has 16 heavy (non-hydrogen) atoms. The molecule has 1 fully saturated rings. The molecule has 0 amide bonds. The summed E-state index contributed by atoms with van der Waals surface area (Å²) in [6.45, 7) is 3.13. The first kappa shape index (κ1) is 11.5. The molecule has 0 aliphatic heterocycles. The molecule has 0 saturated heterocycles. The van der Waals surface area contributed by atoms with Crippen molar-refractivity contribution in [1.29, 1.82) is 0 Å². The molecule has 1 unspecified atom stereocenters. The van der Waals surface area contributed by atoms with Crippen LogP contribution in [-0.4, -0.2) is 24.1 Å². The smallest absolute Gasteiger partial charge is 0.328 e. The highest BCUT2D eigenvalue weighted by Gasteiger charge is 2.27. The Morgan fingerprint density at radius 2 is 2.56 bits per heavy atom. The Hall–Kier alpha value is -0.940. The van der Waals surface area contributed by atoms with Crippen molar-refractivity contribution >= 4 is 17.3 Å². The van der Waals surface area contributed by atoms with E-state index in [2.05, 4.69) is 10.3 Å². The van der Waals surface area contributed by atoms with Crippen LogP contribution < -0.4 is 5.32 Å². The molecular formula is C11H16N2O2S. The fraction of sp³-hybridized carbons (Fsp3) is 0.636. The molecule has 2 rings (SSSR count). The van der Waals surface area contributed by atoms with Gasteiger partial charge in [0.2, 0.25) is 0 Å². The molecule has 0 spiro atoms. The number of hydrogen-bond acceptors (Lipinski definition) is 5. The summed E-state index contributed by atoms with van der Waals surface area (Å²) < 4.78 is 5.06. The minimum absolute atomic E-state index is 0.201. The number of esters is 1. The molecule has 0 radical (unpaired) electrons. The van der Waals surface area contributed by atoms with Crippen LogP contribution in [0.25, 0.3) is 0 Å². The molecule has 1 aliphatic rings. The normalized spacial score (nSPS) is 17.1. The van der Waals surface area contributed by atoms with Gasteiger partial charge in [-0.25, -0.2) is 4.79 Å². The van der Waals surface area contributed by atoms with Gasteiger partial charge in [-0.1, -0.05) is 0 Å². The summed E-state index contributed by atoms with van der Waals surface area (Å²) in [4.78, 5) is 16.7. The second-order valence-corrected chi connectivity index (χ2v) is 4.86. The van der Waals surface area contributed by atoms with E-state index < -0.39 is 0 Å². The van der Waals surface area contributed by atoms with E-state index in [9.17, 15) is 4.79 Å². The van der Waals surface area contributed by atoms with Gasteiger partial charge in [0.15, 0.2) is 0 Å². The Bertz CT molecular complexity index is 336. The highest BCUT2D eigenvalue weighted by molar-refractivity contribution is 7.09. The average molecular weight is 240 g/mol. The third-order valence-corrected chi connectivity index (χ3v) is 3.41. The van der Waals surface area contributed by atoms with Crippen LogP contribution in [0, 0.1) is 5.92 Å². The number of carbonyl (C=O) groups excluding carboxylic acids is 1. The number of thiazole rings is 1. The number of hydrogen-bond donors (Lipinski definition) is 1. The number of nitrogens with one attached hydrogen (secondary N) is 1. The van der Waals surface area contributed by atoms with Crippen molar-refractivity contribution in [2.45, 2.75) is 25.8 Å². The summed E-state index contributed by atoms with van der Waals surface area (Å²) in [6, 6.07) is -0.340. The Kier molecular flexibility index (Phi) is 3.90. The first-order valence-corrected chi connectivity index (χ1v) is 6.47. The fourth-order valence-corrected chi connectivity index (χ4v) is 2.18. The molecule has 1 aromatic rings. The zero-order valence-electron chi connectivity index (χ0n) is 9.31. The van der Waals surface area contributed by atoms with Crippen LogP contribution >= 0.6 is 11.3 Å². The predicted octanol–water partition coefficient (Wildman–Crippen LogP) is 1.75. The molecule has 0 aromatic carbocycles. The van der Waals surface area contributed by atoms with E-state index in [1.807, 2.05) is 6.92 Å². The zero-order valence-corrected chi connectivity index (χ0v) is 10.1. The van der Waals surface area contributed by atoms with Crippen molar-refractivity contribution in [1.82, 2.24) is 10.3 Å². The maximum absolute atomic E-state index is 11.8. The van der Waals surface area contributed by atoms with Gasteiger partial charge < -0.3 is 4.74 Å². The topological polar surface area (TPSA) is 51.2 Å². The van der Waals surface area contributed by atoms with Gasteiger partial charge in [-0.3, -0.25) is 10.3 Å². The van der Waals surface area contributed by atoms with E-state index in [-0.39, 0.29) is 12.0 Å². The van der Waals surface area contributed by atoms with Crippen LogP contribution in [0.5, 0.6) is 0 Å². The quantitative estimate of drug-likeness (QED) is 0.770. The largest absolute Gasteiger partial charge is 0.465 e. The third-order valence-electron chi connectivity index (χ3n) is 2.57. The van der Waals surface area contributed by atoms with E-state index >= 15 is 0 Å². The monoisotopic (exact) mass is 240 g/mol. The Labute approximate surface area is 99.0 Å². The van der Waals surface area contributed by atoms with Gasteiger partial charge in [0.05, 0.1) is 17.0 Å². The lowest BCUT2D eigenvalue weighted by molar-refractivity contribution is -0.145. The number of ether oxygens (including phenoxy) is 1. The number of rotatable bonds is 6. The van der Waals surface area contributed by atoms with Gasteiger partial charge in [0, 0.05) is 6.20 Å². The van der Waals surface area contributed by atoms with Crippen LogP contribution in [0.3, 0.4) is 0 Å². The molecule has 1 aromatic heterocycles. The predicted molar refractivity (Wildman–Crippen MR) is 62.2 cm³/mol. The minimum Gasteiger partial charge on any atom is -0.465 e. The average Bonchev–Trinajstić information content (AvgIpc) is 2.93. The van der Waals surface area contributed by atoms with Crippen molar-refractivity contribution in [3.8, 4) is 0 Å². The van der Waals surface area contributed by atoms with Crippen molar-refractivity contribution in [3.63, 3.8) is 0 Å². The highest BCUT2D eigenvalue weighted by atomic mass is 32.1. The van der Waals surface area contributed by atoms with E-state index in [4.69, 9.17) is 4.74 Å². The van der Waals surface area contributed by atoms with Crippen LogP contribution in [0.4, 0.5) is 0 Å². The van der Waals surface area contributed by atoms with Crippen molar-refractivity contribution in [2.24, 2.45) is 5.92 Å². The number of aromatic nitrogens is 1. The standard InChI is InChI=1S/C11H16N2O2S/c1-2-15-11(14)10(9-6-12-7-16-9)13-5-8-3-4-8/h6-8,10,13H,2-5H2,1H3. The van der Waals surface area contributed by atoms with Crippen LogP contribution in [0.15, 0.2) is 11.7 Å². The van der Waals surface area contributed by atoms with Crippen LogP contribution in [-0.2, 0) is 9.53 Å². The molecule has 1 saturated carbocycles. The maximum Gasteiger partial charge on any atom is 0.328 e. The molecule has 4 nitrogen and oxygen atoms in total. The molecule has 1 N–H and O–H groups in total. The summed E-state index contributed by atoms with van der Waals surface area (Å²) in [7, 11) is 0. The van der Waals surface area contributed by atoms with Crippen LogP contribution in [0.2, 0.25) is 0 Å². The first-order chi connectivity index (χ1) is 7.81. The number of carbonyl (C=O) groups is 1. The molecule has 1 heterocycles. The van der Waals surface area contributed by atoms with Gasteiger partial charge in [-0.05, 0) is 32.2 Å². The Balaban J connectivity index is 1.96. The first-order valence-electron chi connectivity index (χ1n) is 5.59. The van der Waals surface area contributed by atoms with Gasteiger partial charge in [-0.15, -0.1) is 11.3 Å². The maximum atomic E-state index is 11.8. The minimum atomic E-state index is -0.340. The molecule has 1 aliphatic carbocycles. The fourth-order valence-electron chi connectivity index (χ4n) is 1.50. The molecule has 88 valence electrons. The summed E-state index contributed by atoms with van der Waals surface area (Å²) >= 11 is 1.48. The highest BCUT2D eigenvalue weighted by Crippen LogP contribution is 2.29. The SMILES string of the molecule is CCOC(=O)C(NCC1CC1)c1cncs1. The van der Waals surface area contributed by atoms with Crippen molar-refractivity contribution in [3.05, 3.63) is 16.6 Å². The van der Waals surface area contributed by atoms with Gasteiger partial charge in [-0.2, -0.15) is 0 Å². The Morgan fingerprint density at radius 3 is 3.12 bits per heavy atom. The third kappa shape index (κ3) is 3.02. The van der Waals surface area contributed by atoms with E-state index in [0.717, 1.165) is 17.3 Å². The second kappa shape index (κ2) is 5.41. The lowest BCUT2D eigenvalue weighted by Crippen LogP contribution is -2.31. The zero-order chi connectivity index (χ0) is 11.4. The molecular weight excluding hydrogens is 224 g/mol. The molecule has 0 bridgehead atoms. The van der Waals surface area contributed by atoms with Gasteiger partial charge >= 0.3 is 5.97 Å². The van der Waals surface area contributed by atoms with E-state index in [0.29, 0.717) is 6.61 Å². The van der Waals surface area contributed by atoms with Gasteiger partial charge in [0.25, 0.3) is 0 Å². The Morgan fingerprint density at radius 1 is 1.75 bits per heavy atom. The summed E-state index contributed by atoms with van der Waals surface area (Å²) in [5.74, 6) is 0.539. The van der Waals surface area contributed by atoms with Crippen LogP contribution in [0.1, 0.15) is 30.7 Å². The van der Waals surface area contributed by atoms with Crippen molar-refractivity contribution in [2.75, 3.05) is 13.2 Å². The van der Waals surface area contributed by atoms with Crippen molar-refractivity contribution < 1.29 is 9.53 Å². The lowest BCUT2D eigenvalue weighted by Gasteiger charge is -2.15. The molecule has 1 atom stereocenters. The summed E-state index contributed by atoms with van der Waals surface area (Å²) in [5, 5.41) is 3.26. The molecule has 5 heteroatoms. The second-order valence-electron chi connectivity index (χ2n) is 3.94. The van der Waals surface area contributed by atoms with E-state index in [1.54, 1.807) is 11.7 Å². The summed E-state index contributed by atoms with van der Waals surface area (Å²) in [5.41, 5.74) is 1.74. The number of nitrogens with zero attached hydrogens (tertiary/aromatic N) is 1. The summed E-state index contributed by atoms with van der Waals surface area (Å²) in [6.07, 6.45) is 4.27. The van der Waals surface area contributed by atoms with Gasteiger partial charge in [0.1, 0.15) is 6.04 Å².